The van der Waals surface area contributed by atoms with E-state index >= 15 is 0 Å². The second-order valence-electron chi connectivity index (χ2n) is 6.11. The summed E-state index contributed by atoms with van der Waals surface area (Å²) in [5, 5.41) is 15.1. The Morgan fingerprint density at radius 3 is 2.36 bits per heavy atom. The van der Waals surface area contributed by atoms with Crippen molar-refractivity contribution in [1.29, 1.82) is 0 Å². The van der Waals surface area contributed by atoms with Gasteiger partial charge in [0.1, 0.15) is 5.60 Å². The molecular formula is C16H24N2O4. The Morgan fingerprint density at radius 1 is 1.23 bits per heavy atom. The number of carbonyl (C=O) groups excluding carboxylic acids is 2. The highest BCUT2D eigenvalue weighted by Gasteiger charge is 2.20. The Hall–Kier alpha value is -2.08. The molecule has 3 N–H and O–H groups in total. The average Bonchev–Trinajstić information content (AvgIpc) is 2.42. The van der Waals surface area contributed by atoms with Crippen molar-refractivity contribution in [2.24, 2.45) is 0 Å². The number of carbonyl (C=O) groups is 2. The molecule has 22 heavy (non-hydrogen) atoms. The fourth-order valence-electron chi connectivity index (χ4n) is 1.70. The van der Waals surface area contributed by atoms with Gasteiger partial charge in [-0.3, -0.25) is 4.79 Å². The van der Waals surface area contributed by atoms with E-state index in [9.17, 15) is 14.7 Å². The number of alkyl carbamates (subject to hydrolysis) is 1. The second kappa shape index (κ2) is 7.79. The molecule has 0 bridgehead atoms. The molecule has 6 heteroatoms. The molecule has 0 spiro atoms. The third-order valence-electron chi connectivity index (χ3n) is 2.71. The summed E-state index contributed by atoms with van der Waals surface area (Å²) >= 11 is 0. The zero-order valence-corrected chi connectivity index (χ0v) is 13.4. The molecule has 122 valence electrons. The summed E-state index contributed by atoms with van der Waals surface area (Å²) in [6, 6.07) is 8.33. The van der Waals surface area contributed by atoms with Crippen LogP contribution in [0.5, 0.6) is 0 Å². The number of hydrogen-bond acceptors (Lipinski definition) is 4. The van der Waals surface area contributed by atoms with Crippen LogP contribution in [-0.2, 0) is 9.53 Å². The average molecular weight is 308 g/mol. The normalized spacial score (nSPS) is 13.9. The molecule has 2 atom stereocenters. The molecule has 0 aliphatic heterocycles. The summed E-state index contributed by atoms with van der Waals surface area (Å²) < 4.78 is 5.12. The molecular weight excluding hydrogens is 284 g/mol. The minimum Gasteiger partial charge on any atom is -0.444 e. The molecule has 0 aliphatic carbocycles. The molecule has 0 aliphatic rings. The van der Waals surface area contributed by atoms with Gasteiger partial charge in [-0.15, -0.1) is 0 Å². The number of benzene rings is 1. The van der Waals surface area contributed by atoms with Crippen molar-refractivity contribution in [1.82, 2.24) is 10.6 Å². The van der Waals surface area contributed by atoms with E-state index in [1.165, 1.54) is 0 Å². The molecule has 0 aromatic heterocycles. The Labute approximate surface area is 130 Å². The van der Waals surface area contributed by atoms with Gasteiger partial charge < -0.3 is 20.5 Å². The number of ether oxygens (including phenoxy) is 1. The molecule has 0 radical (unpaired) electrons. The summed E-state index contributed by atoms with van der Waals surface area (Å²) in [5.74, 6) is -0.510. The highest BCUT2D eigenvalue weighted by Crippen LogP contribution is 2.11. The van der Waals surface area contributed by atoms with Crippen LogP contribution in [0.4, 0.5) is 4.79 Å². The van der Waals surface area contributed by atoms with Crippen molar-refractivity contribution in [3.8, 4) is 0 Å². The van der Waals surface area contributed by atoms with Crippen LogP contribution in [0.25, 0.3) is 0 Å². The lowest BCUT2D eigenvalue weighted by molar-refractivity contribution is -0.129. The first-order valence-corrected chi connectivity index (χ1v) is 7.19. The fourth-order valence-corrected chi connectivity index (χ4v) is 1.70. The predicted molar refractivity (Wildman–Crippen MR) is 83.2 cm³/mol. The predicted octanol–water partition coefficient (Wildman–Crippen LogP) is 1.75. The number of nitrogens with one attached hydrogen (secondary N) is 2. The van der Waals surface area contributed by atoms with E-state index in [0.29, 0.717) is 5.56 Å². The zero-order valence-electron chi connectivity index (χ0n) is 13.4. The summed E-state index contributed by atoms with van der Waals surface area (Å²) in [7, 11) is 0. The van der Waals surface area contributed by atoms with Crippen molar-refractivity contribution in [2.45, 2.75) is 45.4 Å². The van der Waals surface area contributed by atoms with E-state index in [1.54, 1.807) is 58.0 Å². The van der Waals surface area contributed by atoms with E-state index in [4.69, 9.17) is 4.74 Å². The SMILES string of the molecule is C[C@H](CNC(=O)[C@@H](O)c1ccccc1)NC(=O)OC(C)(C)C. The standard InChI is InChI=1S/C16H24N2O4/c1-11(18-15(21)22-16(2,3)4)10-17-14(20)13(19)12-8-6-5-7-9-12/h5-9,11,13,19H,10H2,1-4H3,(H,17,20)(H,18,21)/t11-,13+/m1/s1. The Morgan fingerprint density at radius 2 is 1.82 bits per heavy atom. The van der Waals surface area contributed by atoms with E-state index in [2.05, 4.69) is 10.6 Å². The first-order valence-electron chi connectivity index (χ1n) is 7.19. The van der Waals surface area contributed by atoms with E-state index < -0.39 is 23.7 Å². The maximum absolute atomic E-state index is 11.9. The van der Waals surface area contributed by atoms with Gasteiger partial charge in [0.15, 0.2) is 6.10 Å². The van der Waals surface area contributed by atoms with Gasteiger partial charge in [0.05, 0.1) is 0 Å². The number of aliphatic hydroxyl groups excluding tert-OH is 1. The van der Waals surface area contributed by atoms with Crippen molar-refractivity contribution in [3.63, 3.8) is 0 Å². The van der Waals surface area contributed by atoms with Crippen molar-refractivity contribution in [2.75, 3.05) is 6.54 Å². The fraction of sp³-hybridized carbons (Fsp3) is 0.500. The monoisotopic (exact) mass is 308 g/mol. The Balaban J connectivity index is 2.39. The van der Waals surface area contributed by atoms with Gasteiger partial charge in [-0.25, -0.2) is 4.79 Å². The first-order chi connectivity index (χ1) is 10.2. The van der Waals surface area contributed by atoms with Gasteiger partial charge in [-0.1, -0.05) is 30.3 Å². The topological polar surface area (TPSA) is 87.7 Å². The van der Waals surface area contributed by atoms with Gasteiger partial charge in [0.25, 0.3) is 5.91 Å². The van der Waals surface area contributed by atoms with Gasteiger partial charge >= 0.3 is 6.09 Å². The van der Waals surface area contributed by atoms with Crippen LogP contribution < -0.4 is 10.6 Å². The highest BCUT2D eigenvalue weighted by molar-refractivity contribution is 5.82. The summed E-state index contributed by atoms with van der Waals surface area (Å²) in [6.45, 7) is 7.25. The molecule has 1 rings (SSSR count). The van der Waals surface area contributed by atoms with Crippen LogP contribution >= 0.6 is 0 Å². The van der Waals surface area contributed by atoms with Crippen LogP contribution in [-0.4, -0.2) is 35.3 Å². The molecule has 1 aromatic rings. The van der Waals surface area contributed by atoms with Gasteiger partial charge in [-0.2, -0.15) is 0 Å². The molecule has 0 saturated carbocycles. The van der Waals surface area contributed by atoms with Gasteiger partial charge in [-0.05, 0) is 33.3 Å². The Kier molecular flexibility index (Phi) is 6.37. The van der Waals surface area contributed by atoms with E-state index in [-0.39, 0.29) is 12.6 Å². The second-order valence-corrected chi connectivity index (χ2v) is 6.11. The lowest BCUT2D eigenvalue weighted by Gasteiger charge is -2.22. The maximum Gasteiger partial charge on any atom is 0.407 e. The third-order valence-corrected chi connectivity index (χ3v) is 2.71. The minimum atomic E-state index is -1.23. The summed E-state index contributed by atoms with van der Waals surface area (Å²) in [6.07, 6.45) is -1.77. The smallest absolute Gasteiger partial charge is 0.407 e. The third kappa shape index (κ3) is 6.58. The number of aliphatic hydroxyl groups is 1. The number of hydrogen-bond donors (Lipinski definition) is 3. The number of rotatable bonds is 5. The van der Waals surface area contributed by atoms with E-state index in [1.807, 2.05) is 0 Å². The summed E-state index contributed by atoms with van der Waals surface area (Å²) in [5.41, 5.74) is -0.0518. The molecule has 0 unspecified atom stereocenters. The van der Waals surface area contributed by atoms with E-state index in [0.717, 1.165) is 0 Å². The lowest BCUT2D eigenvalue weighted by Crippen LogP contribution is -2.44. The molecule has 0 fully saturated rings. The van der Waals surface area contributed by atoms with Crippen LogP contribution in [0.3, 0.4) is 0 Å². The Bertz CT molecular complexity index is 497. The van der Waals surface area contributed by atoms with Crippen LogP contribution in [0.2, 0.25) is 0 Å². The first kappa shape index (κ1) is 18.0. The largest absolute Gasteiger partial charge is 0.444 e. The molecule has 0 heterocycles. The highest BCUT2D eigenvalue weighted by atomic mass is 16.6. The molecule has 6 nitrogen and oxygen atoms in total. The van der Waals surface area contributed by atoms with Crippen LogP contribution in [0.1, 0.15) is 39.4 Å². The van der Waals surface area contributed by atoms with Gasteiger partial charge in [0, 0.05) is 12.6 Å². The minimum absolute atomic E-state index is 0.196. The zero-order chi connectivity index (χ0) is 16.8. The molecule has 2 amide bonds. The van der Waals surface area contributed by atoms with Crippen molar-refractivity contribution in [3.05, 3.63) is 35.9 Å². The van der Waals surface area contributed by atoms with Crippen molar-refractivity contribution >= 4 is 12.0 Å². The quantitative estimate of drug-likeness (QED) is 0.773. The van der Waals surface area contributed by atoms with Gasteiger partial charge in [0.2, 0.25) is 0 Å². The number of amides is 2. The maximum atomic E-state index is 11.9. The summed E-state index contributed by atoms with van der Waals surface area (Å²) in [4.78, 5) is 23.4. The van der Waals surface area contributed by atoms with Crippen LogP contribution in [0, 0.1) is 0 Å². The van der Waals surface area contributed by atoms with Crippen LogP contribution in [0.15, 0.2) is 30.3 Å². The lowest BCUT2D eigenvalue weighted by atomic mass is 10.1. The molecule has 1 aromatic carbocycles. The van der Waals surface area contributed by atoms with Crippen molar-refractivity contribution < 1.29 is 19.4 Å². The molecule has 0 saturated heterocycles.